The quantitative estimate of drug-likeness (QED) is 0.822. The molecule has 0 unspecified atom stereocenters. The first-order valence-electron chi connectivity index (χ1n) is 4.92. The van der Waals surface area contributed by atoms with Crippen molar-refractivity contribution in [3.8, 4) is 5.69 Å². The Labute approximate surface area is 102 Å². The molecule has 0 bridgehead atoms. The molecule has 0 radical (unpaired) electrons. The molecule has 1 aromatic heterocycles. The summed E-state index contributed by atoms with van der Waals surface area (Å²) in [4.78, 5) is 10.8. The number of aromatic nitrogens is 4. The summed E-state index contributed by atoms with van der Waals surface area (Å²) in [7, 11) is 0. The number of hydrogen-bond acceptors (Lipinski definition) is 5. The van der Waals surface area contributed by atoms with E-state index >= 15 is 0 Å². The zero-order valence-electron chi connectivity index (χ0n) is 9.02. The van der Waals surface area contributed by atoms with Crippen molar-refractivity contribution in [3.05, 3.63) is 30.3 Å². The van der Waals surface area contributed by atoms with E-state index < -0.39 is 11.2 Å². The van der Waals surface area contributed by atoms with Crippen LogP contribution in [0, 0.1) is 0 Å². The Balaban J connectivity index is 2.26. The minimum atomic E-state index is -0.891. The molecule has 88 valence electrons. The van der Waals surface area contributed by atoms with Gasteiger partial charge in [0.2, 0.25) is 5.16 Å². The average molecular weight is 250 g/mol. The molecule has 0 aliphatic carbocycles. The Bertz CT molecular complexity index is 514. The van der Waals surface area contributed by atoms with Gasteiger partial charge in [-0.05, 0) is 29.5 Å². The maximum atomic E-state index is 10.8. The highest BCUT2D eigenvalue weighted by Crippen LogP contribution is 2.22. The summed E-state index contributed by atoms with van der Waals surface area (Å²) in [5.41, 5.74) is 0.803. The van der Waals surface area contributed by atoms with E-state index in [2.05, 4.69) is 15.5 Å². The van der Waals surface area contributed by atoms with E-state index in [0.29, 0.717) is 5.16 Å². The van der Waals surface area contributed by atoms with Gasteiger partial charge in [-0.2, -0.15) is 4.68 Å². The maximum Gasteiger partial charge on any atom is 0.316 e. The Kier molecular flexibility index (Phi) is 3.38. The first kappa shape index (κ1) is 11.6. The minimum absolute atomic E-state index is 0.464. The molecule has 17 heavy (non-hydrogen) atoms. The smallest absolute Gasteiger partial charge is 0.316 e. The van der Waals surface area contributed by atoms with Crippen molar-refractivity contribution >= 4 is 17.7 Å². The second kappa shape index (κ2) is 4.96. The van der Waals surface area contributed by atoms with Crippen molar-refractivity contribution in [2.45, 2.75) is 17.3 Å². The van der Waals surface area contributed by atoms with Crippen molar-refractivity contribution in [1.82, 2.24) is 20.2 Å². The zero-order valence-corrected chi connectivity index (χ0v) is 9.83. The second-order valence-corrected chi connectivity index (χ2v) is 4.62. The molecule has 0 saturated carbocycles. The van der Waals surface area contributed by atoms with Gasteiger partial charge in [0.15, 0.2) is 0 Å². The molecule has 0 aliphatic heterocycles. The largest absolute Gasteiger partial charge is 0.480 e. The highest BCUT2D eigenvalue weighted by Gasteiger charge is 2.17. The number of aliphatic carboxylic acids is 1. The third-order valence-electron chi connectivity index (χ3n) is 2.07. The molecular formula is C10H10N4O2S. The first-order valence-corrected chi connectivity index (χ1v) is 5.79. The SMILES string of the molecule is C[C@@H](Sc1nnnn1-c1ccccc1)C(=O)O. The lowest BCUT2D eigenvalue weighted by Gasteiger charge is -2.06. The predicted octanol–water partition coefficient (Wildman–Crippen LogP) is 1.23. The Morgan fingerprint density at radius 1 is 1.41 bits per heavy atom. The number of thioether (sulfide) groups is 1. The molecule has 0 aliphatic rings. The Hall–Kier alpha value is -1.89. The lowest BCUT2D eigenvalue weighted by molar-refractivity contribution is -0.136. The third kappa shape index (κ3) is 2.62. The van der Waals surface area contributed by atoms with E-state index in [1.54, 1.807) is 6.92 Å². The van der Waals surface area contributed by atoms with E-state index in [0.717, 1.165) is 17.4 Å². The normalized spacial score (nSPS) is 12.3. The maximum absolute atomic E-state index is 10.8. The molecule has 7 heteroatoms. The summed E-state index contributed by atoms with van der Waals surface area (Å²) in [5, 5.41) is 19.9. The summed E-state index contributed by atoms with van der Waals surface area (Å²) in [6.07, 6.45) is 0. The molecule has 1 N–H and O–H groups in total. The second-order valence-electron chi connectivity index (χ2n) is 3.31. The lowest BCUT2D eigenvalue weighted by atomic mass is 10.3. The van der Waals surface area contributed by atoms with Gasteiger partial charge in [-0.1, -0.05) is 30.0 Å². The van der Waals surface area contributed by atoms with Crippen molar-refractivity contribution in [2.24, 2.45) is 0 Å². The van der Waals surface area contributed by atoms with Crippen molar-refractivity contribution in [2.75, 3.05) is 0 Å². The molecule has 2 aromatic rings. The van der Waals surface area contributed by atoms with Crippen LogP contribution in [0.3, 0.4) is 0 Å². The van der Waals surface area contributed by atoms with Crippen LogP contribution >= 0.6 is 11.8 Å². The summed E-state index contributed by atoms with van der Waals surface area (Å²) >= 11 is 1.11. The number of nitrogens with zero attached hydrogens (tertiary/aromatic N) is 4. The first-order chi connectivity index (χ1) is 8.18. The number of rotatable bonds is 4. The number of carboxylic acids is 1. The monoisotopic (exact) mass is 250 g/mol. The van der Waals surface area contributed by atoms with Crippen LogP contribution in [-0.4, -0.2) is 36.5 Å². The van der Waals surface area contributed by atoms with Crippen molar-refractivity contribution in [3.63, 3.8) is 0 Å². The van der Waals surface area contributed by atoms with Crippen LogP contribution in [-0.2, 0) is 4.79 Å². The predicted molar refractivity (Wildman–Crippen MR) is 62.1 cm³/mol. The lowest BCUT2D eigenvalue weighted by Crippen LogP contribution is -2.12. The van der Waals surface area contributed by atoms with Crippen LogP contribution in [0.4, 0.5) is 0 Å². The number of carbonyl (C=O) groups is 1. The third-order valence-corrected chi connectivity index (χ3v) is 3.09. The Morgan fingerprint density at radius 3 is 2.76 bits per heavy atom. The number of carboxylic acid groups (broad SMARTS) is 1. The van der Waals surface area contributed by atoms with Gasteiger partial charge in [0, 0.05) is 0 Å². The van der Waals surface area contributed by atoms with Gasteiger partial charge in [0.25, 0.3) is 0 Å². The van der Waals surface area contributed by atoms with E-state index in [9.17, 15) is 4.79 Å². The number of hydrogen-bond donors (Lipinski definition) is 1. The standard InChI is InChI=1S/C10H10N4O2S/c1-7(9(15)16)17-10-11-12-13-14(10)8-5-3-2-4-6-8/h2-7H,1H3,(H,15,16)/t7-/m1/s1. The van der Waals surface area contributed by atoms with Crippen molar-refractivity contribution < 1.29 is 9.90 Å². The van der Waals surface area contributed by atoms with Crippen LogP contribution in [0.5, 0.6) is 0 Å². The molecule has 0 fully saturated rings. The van der Waals surface area contributed by atoms with Gasteiger partial charge < -0.3 is 5.11 Å². The molecule has 1 heterocycles. The fourth-order valence-corrected chi connectivity index (χ4v) is 1.93. The van der Waals surface area contributed by atoms with Crippen LogP contribution in [0.15, 0.2) is 35.5 Å². The summed E-state index contributed by atoms with van der Waals surface area (Å²) in [6.45, 7) is 1.59. The molecule has 0 saturated heterocycles. The number of benzene rings is 1. The molecule has 1 atom stereocenters. The molecule has 0 amide bonds. The zero-order chi connectivity index (χ0) is 12.3. The van der Waals surface area contributed by atoms with E-state index in [1.165, 1.54) is 4.68 Å². The van der Waals surface area contributed by atoms with Crippen LogP contribution < -0.4 is 0 Å². The molecule has 0 spiro atoms. The van der Waals surface area contributed by atoms with Crippen LogP contribution in [0.25, 0.3) is 5.69 Å². The van der Waals surface area contributed by atoms with Gasteiger partial charge in [-0.25, -0.2) is 0 Å². The summed E-state index contributed by atoms with van der Waals surface area (Å²) in [5.74, 6) is -0.891. The van der Waals surface area contributed by atoms with Gasteiger partial charge >= 0.3 is 5.97 Å². The van der Waals surface area contributed by atoms with Crippen LogP contribution in [0.1, 0.15) is 6.92 Å². The molecule has 1 aromatic carbocycles. The van der Waals surface area contributed by atoms with Gasteiger partial charge in [0.1, 0.15) is 5.25 Å². The number of para-hydroxylation sites is 1. The Morgan fingerprint density at radius 2 is 2.12 bits per heavy atom. The summed E-state index contributed by atoms with van der Waals surface area (Å²) < 4.78 is 1.52. The highest BCUT2D eigenvalue weighted by atomic mass is 32.2. The fourth-order valence-electron chi connectivity index (χ4n) is 1.19. The highest BCUT2D eigenvalue weighted by molar-refractivity contribution is 8.00. The van der Waals surface area contributed by atoms with Gasteiger partial charge in [-0.15, -0.1) is 5.10 Å². The van der Waals surface area contributed by atoms with E-state index in [4.69, 9.17) is 5.11 Å². The van der Waals surface area contributed by atoms with Gasteiger partial charge in [-0.3, -0.25) is 4.79 Å². The van der Waals surface area contributed by atoms with E-state index in [1.807, 2.05) is 30.3 Å². The molecular weight excluding hydrogens is 240 g/mol. The van der Waals surface area contributed by atoms with E-state index in [-0.39, 0.29) is 0 Å². The molecule has 2 rings (SSSR count). The number of tetrazole rings is 1. The topological polar surface area (TPSA) is 80.9 Å². The van der Waals surface area contributed by atoms with Crippen LogP contribution in [0.2, 0.25) is 0 Å². The molecule has 6 nitrogen and oxygen atoms in total. The summed E-state index contributed by atoms with van der Waals surface area (Å²) in [6, 6.07) is 9.33. The minimum Gasteiger partial charge on any atom is -0.480 e. The average Bonchev–Trinajstić information content (AvgIpc) is 2.78. The van der Waals surface area contributed by atoms with Gasteiger partial charge in [0.05, 0.1) is 5.69 Å². The van der Waals surface area contributed by atoms with Crippen molar-refractivity contribution in [1.29, 1.82) is 0 Å². The fraction of sp³-hybridized carbons (Fsp3) is 0.200.